The van der Waals surface area contributed by atoms with Gasteiger partial charge in [-0.15, -0.1) is 0 Å². The minimum absolute atomic E-state index is 0.296. The summed E-state index contributed by atoms with van der Waals surface area (Å²) in [6.45, 7) is 1.97. The van der Waals surface area contributed by atoms with Gasteiger partial charge in [-0.2, -0.15) is 0 Å². The molecule has 0 atom stereocenters. The fourth-order valence-electron chi connectivity index (χ4n) is 0.207. The monoisotopic (exact) mass is 124 g/mol. The molecule has 0 radical (unpaired) electrons. The van der Waals surface area contributed by atoms with Gasteiger partial charge in [0.1, 0.15) is 0 Å². The Morgan fingerprint density at radius 2 is 2.14 bits per heavy atom. The Balaban J connectivity index is 3.36. The predicted molar refractivity (Wildman–Crippen MR) is 30.1 cm³/mol. The maximum atomic E-state index is 8.35. The summed E-state index contributed by atoms with van der Waals surface area (Å²) >= 11 is 0. The highest BCUT2D eigenvalue weighted by Crippen LogP contribution is 2.34. The SMILES string of the molecule is C=P(O)(O)OCC. The summed E-state index contributed by atoms with van der Waals surface area (Å²) in [5.74, 6) is 0. The third kappa shape index (κ3) is 6.18. The molecule has 2 N–H and O–H groups in total. The van der Waals surface area contributed by atoms with Gasteiger partial charge in [-0.05, 0) is 13.2 Å². The Labute approximate surface area is 42.8 Å². The molecule has 0 heterocycles. The molecule has 0 saturated heterocycles. The fourth-order valence-corrected chi connectivity index (χ4v) is 0.620. The van der Waals surface area contributed by atoms with Gasteiger partial charge >= 0.3 is 0 Å². The molecule has 0 aliphatic rings. The van der Waals surface area contributed by atoms with Crippen LogP contribution in [0.15, 0.2) is 0 Å². The normalized spacial score (nSPS) is 11.9. The Hall–Kier alpha value is 0.180. The average molecular weight is 124 g/mol. The van der Waals surface area contributed by atoms with Gasteiger partial charge in [-0.25, -0.2) is 0 Å². The minimum Gasteiger partial charge on any atom is -0.333 e. The van der Waals surface area contributed by atoms with Crippen molar-refractivity contribution in [2.75, 3.05) is 6.61 Å². The summed E-state index contributed by atoms with van der Waals surface area (Å²) in [4.78, 5) is 16.7. The molecule has 0 aromatic rings. The molecule has 0 aliphatic heterocycles. The van der Waals surface area contributed by atoms with Crippen LogP contribution in [0.25, 0.3) is 0 Å². The van der Waals surface area contributed by atoms with Crippen LogP contribution < -0.4 is 0 Å². The lowest BCUT2D eigenvalue weighted by Gasteiger charge is -2.05. The average Bonchev–Trinajstić information content (AvgIpc) is 1.30. The van der Waals surface area contributed by atoms with E-state index in [1.165, 1.54) is 0 Å². The van der Waals surface area contributed by atoms with E-state index in [9.17, 15) is 0 Å². The van der Waals surface area contributed by atoms with E-state index in [4.69, 9.17) is 9.79 Å². The summed E-state index contributed by atoms with van der Waals surface area (Å²) in [5.41, 5.74) is 0. The molecule has 44 valence electrons. The van der Waals surface area contributed by atoms with Crippen LogP contribution in [0.5, 0.6) is 0 Å². The maximum absolute atomic E-state index is 8.35. The largest absolute Gasteiger partial charge is 0.333 e. The van der Waals surface area contributed by atoms with E-state index < -0.39 is 7.57 Å². The lowest BCUT2D eigenvalue weighted by atomic mass is 10.9. The molecule has 7 heavy (non-hydrogen) atoms. The molecule has 0 amide bonds. The highest BCUT2D eigenvalue weighted by molar-refractivity contribution is 7.57. The van der Waals surface area contributed by atoms with Gasteiger partial charge in [0.05, 0.1) is 6.61 Å². The van der Waals surface area contributed by atoms with Crippen LogP contribution in [0, 0.1) is 0 Å². The van der Waals surface area contributed by atoms with E-state index in [-0.39, 0.29) is 0 Å². The summed E-state index contributed by atoms with van der Waals surface area (Å²) in [7, 11) is -3.17. The molecule has 0 spiro atoms. The Morgan fingerprint density at radius 3 is 2.14 bits per heavy atom. The van der Waals surface area contributed by atoms with E-state index in [0.717, 1.165) is 0 Å². The first-order chi connectivity index (χ1) is 3.06. The summed E-state index contributed by atoms with van der Waals surface area (Å²) in [5, 5.41) is 0. The number of rotatable bonds is 2. The molecular formula is C3H9O3P. The van der Waals surface area contributed by atoms with Crippen molar-refractivity contribution in [1.29, 1.82) is 0 Å². The van der Waals surface area contributed by atoms with Crippen LogP contribution in [0.3, 0.4) is 0 Å². The van der Waals surface area contributed by atoms with E-state index in [0.29, 0.717) is 6.61 Å². The summed E-state index contributed by atoms with van der Waals surface area (Å²) in [6, 6.07) is 0. The summed E-state index contributed by atoms with van der Waals surface area (Å²) in [6.07, 6.45) is 2.96. The van der Waals surface area contributed by atoms with Crippen molar-refractivity contribution in [3.05, 3.63) is 0 Å². The summed E-state index contributed by atoms with van der Waals surface area (Å²) < 4.78 is 4.34. The van der Waals surface area contributed by atoms with E-state index >= 15 is 0 Å². The molecule has 0 bridgehead atoms. The van der Waals surface area contributed by atoms with E-state index in [2.05, 4.69) is 10.8 Å². The first kappa shape index (κ1) is 7.18. The van der Waals surface area contributed by atoms with E-state index in [1.807, 2.05) is 0 Å². The zero-order valence-corrected chi connectivity index (χ0v) is 5.06. The first-order valence-electron chi connectivity index (χ1n) is 1.89. The molecule has 0 unspecified atom stereocenters. The predicted octanol–water partition coefficient (Wildman–Crippen LogP) is 0.202. The van der Waals surface area contributed by atoms with Crippen molar-refractivity contribution in [1.82, 2.24) is 0 Å². The standard InChI is InChI=1S/C3H9O3P/c1-3-6-7(2,4)5/h4-5H,2-3H2,1H3. The third-order valence-corrected chi connectivity index (χ3v) is 1.01. The second kappa shape index (κ2) is 2.48. The maximum Gasteiger partial charge on any atom is 0.245 e. The van der Waals surface area contributed by atoms with Crippen LogP contribution in [0.2, 0.25) is 0 Å². The third-order valence-electron chi connectivity index (χ3n) is 0.336. The Bertz CT molecular complexity index is 84.2. The number of hydrogen-bond donors (Lipinski definition) is 2. The van der Waals surface area contributed by atoms with Crippen LogP contribution in [-0.2, 0) is 4.52 Å². The van der Waals surface area contributed by atoms with Crippen molar-refractivity contribution in [3.63, 3.8) is 0 Å². The Morgan fingerprint density at radius 1 is 1.71 bits per heavy atom. The van der Waals surface area contributed by atoms with Crippen molar-refractivity contribution in [2.45, 2.75) is 6.92 Å². The molecule has 0 aromatic heterocycles. The second-order valence-corrected chi connectivity index (χ2v) is 2.67. The smallest absolute Gasteiger partial charge is 0.245 e. The second-order valence-electron chi connectivity index (χ2n) is 1.08. The zero-order valence-electron chi connectivity index (χ0n) is 4.16. The van der Waals surface area contributed by atoms with Gasteiger partial charge in [0, 0.05) is 0 Å². The molecule has 0 aromatic carbocycles. The van der Waals surface area contributed by atoms with Crippen molar-refractivity contribution >= 4 is 13.9 Å². The molecule has 0 saturated carbocycles. The molecular weight excluding hydrogens is 115 g/mol. The van der Waals surface area contributed by atoms with Crippen molar-refractivity contribution < 1.29 is 14.3 Å². The van der Waals surface area contributed by atoms with Crippen LogP contribution in [0.4, 0.5) is 0 Å². The number of hydrogen-bond acceptors (Lipinski definition) is 3. The lowest BCUT2D eigenvalue weighted by Crippen LogP contribution is -1.85. The van der Waals surface area contributed by atoms with E-state index in [1.54, 1.807) is 6.92 Å². The first-order valence-corrected chi connectivity index (χ1v) is 3.69. The zero-order chi connectivity index (χ0) is 5.91. The van der Waals surface area contributed by atoms with Crippen molar-refractivity contribution in [2.24, 2.45) is 0 Å². The molecule has 4 heteroatoms. The molecule has 0 rings (SSSR count). The molecule has 3 nitrogen and oxygen atoms in total. The van der Waals surface area contributed by atoms with Gasteiger partial charge in [0.2, 0.25) is 7.57 Å². The van der Waals surface area contributed by atoms with Gasteiger partial charge in [-0.3, -0.25) is 0 Å². The lowest BCUT2D eigenvalue weighted by molar-refractivity contribution is 0.263. The van der Waals surface area contributed by atoms with Gasteiger partial charge in [-0.1, -0.05) is 0 Å². The topological polar surface area (TPSA) is 49.7 Å². The Kier molecular flexibility index (Phi) is 2.54. The van der Waals surface area contributed by atoms with Crippen LogP contribution >= 0.6 is 7.57 Å². The quantitative estimate of drug-likeness (QED) is 0.517. The molecule has 0 aliphatic carbocycles. The highest BCUT2D eigenvalue weighted by atomic mass is 31.2. The van der Waals surface area contributed by atoms with Gasteiger partial charge in [0.15, 0.2) is 0 Å². The van der Waals surface area contributed by atoms with Crippen LogP contribution in [0.1, 0.15) is 6.92 Å². The van der Waals surface area contributed by atoms with Crippen molar-refractivity contribution in [3.8, 4) is 0 Å². The van der Waals surface area contributed by atoms with Crippen LogP contribution in [-0.4, -0.2) is 22.7 Å². The molecule has 0 fully saturated rings. The minimum atomic E-state index is -3.17. The van der Waals surface area contributed by atoms with Gasteiger partial charge in [0.25, 0.3) is 0 Å². The van der Waals surface area contributed by atoms with Gasteiger partial charge < -0.3 is 14.3 Å². The highest BCUT2D eigenvalue weighted by Gasteiger charge is 1.98. The fraction of sp³-hybridized carbons (Fsp3) is 0.667.